The van der Waals surface area contributed by atoms with E-state index in [2.05, 4.69) is 93.7 Å². The Morgan fingerprint density at radius 2 is 0.625 bits per heavy atom. The van der Waals surface area contributed by atoms with Crippen molar-refractivity contribution in [2.24, 2.45) is 0 Å². The molecule has 0 aliphatic heterocycles. The van der Waals surface area contributed by atoms with Gasteiger partial charge in [0.25, 0.3) is 0 Å². The number of rotatable bonds is 48. The van der Waals surface area contributed by atoms with Crippen LogP contribution in [0.3, 0.4) is 0 Å². The third-order valence-electron chi connectivity index (χ3n) is 11.4. The van der Waals surface area contributed by atoms with Crippen LogP contribution in [0.1, 0.15) is 258 Å². The van der Waals surface area contributed by atoms with Crippen LogP contribution >= 0.6 is 0 Å². The van der Waals surface area contributed by atoms with Gasteiger partial charge in [-0.15, -0.1) is 0 Å². The van der Waals surface area contributed by atoms with Crippen molar-refractivity contribution in [3.05, 3.63) is 72.9 Å². The molecule has 1 unspecified atom stereocenters. The summed E-state index contributed by atoms with van der Waals surface area (Å²) in [7, 11) is 0. The van der Waals surface area contributed by atoms with Gasteiger partial charge in [-0.2, -0.15) is 0 Å². The Morgan fingerprint density at radius 1 is 0.328 bits per heavy atom. The zero-order valence-electron chi connectivity index (χ0n) is 42.0. The Kier molecular flexibility index (Phi) is 49.9. The molecule has 0 aliphatic rings. The molecule has 368 valence electrons. The summed E-state index contributed by atoms with van der Waals surface area (Å²) in [5, 5.41) is 0. The van der Waals surface area contributed by atoms with Gasteiger partial charge in [0.1, 0.15) is 13.2 Å². The summed E-state index contributed by atoms with van der Waals surface area (Å²) in [6, 6.07) is 0. The van der Waals surface area contributed by atoms with Gasteiger partial charge in [0.05, 0.1) is 0 Å². The standard InChI is InChI=1S/C58H100O6/c1-4-7-10-13-16-19-22-24-26-28-29-30-32-33-36-39-42-45-48-51-57(60)63-54-55(53-62-56(59)50-47-44-41-38-35-21-18-15-12-9-6-3)64-58(61)52-49-46-43-40-37-34-31-27-25-23-20-17-14-11-8-5-2/h8,11,15,17-18,20,25,27-29,34,37,55H,4-7,9-10,12-14,16,19,21-24,26,30-33,35-36,38-54H2,1-3H3/b11-8-,18-15-,20-17-,27-25-,29-28-,37-34-. The van der Waals surface area contributed by atoms with Crippen molar-refractivity contribution in [2.75, 3.05) is 13.2 Å². The van der Waals surface area contributed by atoms with E-state index in [9.17, 15) is 14.4 Å². The molecule has 0 saturated carbocycles. The van der Waals surface area contributed by atoms with Crippen molar-refractivity contribution in [3.63, 3.8) is 0 Å². The SMILES string of the molecule is CC/C=C\C/C=C\C/C=C\C/C=C\CCCCCC(=O)OC(COC(=O)CCCCCCC/C=C\CCCC)COC(=O)CCCCCCCCC/C=C\CCCCCCCCCC. The Morgan fingerprint density at radius 3 is 1.03 bits per heavy atom. The van der Waals surface area contributed by atoms with Gasteiger partial charge in [-0.25, -0.2) is 0 Å². The van der Waals surface area contributed by atoms with Crippen LogP contribution in [0.25, 0.3) is 0 Å². The second-order valence-corrected chi connectivity index (χ2v) is 17.7. The highest BCUT2D eigenvalue weighted by Gasteiger charge is 2.19. The molecule has 0 aromatic carbocycles. The Bertz CT molecular complexity index is 1210. The number of carbonyl (C=O) groups excluding carboxylic acids is 3. The lowest BCUT2D eigenvalue weighted by molar-refractivity contribution is -0.167. The Labute approximate surface area is 395 Å². The first-order valence-corrected chi connectivity index (χ1v) is 26.9. The average Bonchev–Trinajstić information content (AvgIpc) is 3.29. The number of unbranched alkanes of at least 4 members (excludes halogenated alkanes) is 25. The van der Waals surface area contributed by atoms with E-state index in [0.717, 1.165) is 96.3 Å². The predicted molar refractivity (Wildman–Crippen MR) is 274 cm³/mol. The van der Waals surface area contributed by atoms with Gasteiger partial charge < -0.3 is 14.2 Å². The largest absolute Gasteiger partial charge is 0.462 e. The minimum Gasteiger partial charge on any atom is -0.462 e. The fourth-order valence-corrected chi connectivity index (χ4v) is 7.35. The van der Waals surface area contributed by atoms with Gasteiger partial charge in [-0.3, -0.25) is 14.4 Å². The Balaban J connectivity index is 4.40. The van der Waals surface area contributed by atoms with E-state index in [1.165, 1.54) is 122 Å². The molecule has 1 atom stereocenters. The van der Waals surface area contributed by atoms with Crippen molar-refractivity contribution in [3.8, 4) is 0 Å². The molecule has 0 fully saturated rings. The molecular formula is C58H100O6. The molecule has 0 bridgehead atoms. The predicted octanol–water partition coefficient (Wildman–Crippen LogP) is 17.8. The number of hydrogen-bond donors (Lipinski definition) is 0. The highest BCUT2D eigenvalue weighted by molar-refractivity contribution is 5.71. The first kappa shape index (κ1) is 60.9. The molecule has 0 N–H and O–H groups in total. The summed E-state index contributed by atoms with van der Waals surface area (Å²) in [5.74, 6) is -0.936. The first-order valence-electron chi connectivity index (χ1n) is 26.9. The smallest absolute Gasteiger partial charge is 0.306 e. The molecule has 6 nitrogen and oxygen atoms in total. The minimum absolute atomic E-state index is 0.0931. The van der Waals surface area contributed by atoms with Crippen molar-refractivity contribution >= 4 is 17.9 Å². The van der Waals surface area contributed by atoms with Gasteiger partial charge in [0.2, 0.25) is 0 Å². The third kappa shape index (κ3) is 49.9. The van der Waals surface area contributed by atoms with E-state index in [-0.39, 0.29) is 37.5 Å². The van der Waals surface area contributed by atoms with Crippen molar-refractivity contribution < 1.29 is 28.6 Å². The lowest BCUT2D eigenvalue weighted by Gasteiger charge is -2.18. The van der Waals surface area contributed by atoms with Crippen LogP contribution in [0.5, 0.6) is 0 Å². The van der Waals surface area contributed by atoms with Gasteiger partial charge in [0, 0.05) is 19.3 Å². The van der Waals surface area contributed by atoms with E-state index >= 15 is 0 Å². The van der Waals surface area contributed by atoms with Crippen molar-refractivity contribution in [1.82, 2.24) is 0 Å². The number of ether oxygens (including phenoxy) is 3. The summed E-state index contributed by atoms with van der Waals surface area (Å²) in [6.45, 7) is 6.45. The molecule has 0 aliphatic carbocycles. The highest BCUT2D eigenvalue weighted by atomic mass is 16.6. The molecule has 0 heterocycles. The van der Waals surface area contributed by atoms with E-state index in [1.54, 1.807) is 0 Å². The molecule has 0 aromatic heterocycles. The second-order valence-electron chi connectivity index (χ2n) is 17.7. The average molecular weight is 893 g/mol. The van der Waals surface area contributed by atoms with Crippen LogP contribution in [-0.4, -0.2) is 37.2 Å². The minimum atomic E-state index is -0.796. The van der Waals surface area contributed by atoms with E-state index in [1.807, 2.05) is 0 Å². The quantitative estimate of drug-likeness (QED) is 0.0262. The van der Waals surface area contributed by atoms with Crippen LogP contribution in [0.4, 0.5) is 0 Å². The molecule has 0 saturated heterocycles. The van der Waals surface area contributed by atoms with E-state index in [0.29, 0.717) is 12.8 Å². The van der Waals surface area contributed by atoms with Crippen LogP contribution in [0.2, 0.25) is 0 Å². The third-order valence-corrected chi connectivity index (χ3v) is 11.4. The molecule has 0 spiro atoms. The maximum absolute atomic E-state index is 12.8. The fourth-order valence-electron chi connectivity index (χ4n) is 7.35. The van der Waals surface area contributed by atoms with Crippen LogP contribution in [0, 0.1) is 0 Å². The van der Waals surface area contributed by atoms with Gasteiger partial charge in [-0.1, -0.05) is 209 Å². The van der Waals surface area contributed by atoms with Gasteiger partial charge in [-0.05, 0) is 103 Å². The first-order chi connectivity index (χ1) is 31.5. The molecule has 64 heavy (non-hydrogen) atoms. The normalized spacial score (nSPS) is 12.6. The van der Waals surface area contributed by atoms with Crippen molar-refractivity contribution in [1.29, 1.82) is 0 Å². The zero-order chi connectivity index (χ0) is 46.5. The van der Waals surface area contributed by atoms with Crippen LogP contribution in [0.15, 0.2) is 72.9 Å². The molecule has 0 aromatic rings. The van der Waals surface area contributed by atoms with Crippen molar-refractivity contribution in [2.45, 2.75) is 264 Å². The number of hydrogen-bond acceptors (Lipinski definition) is 6. The zero-order valence-corrected chi connectivity index (χ0v) is 42.0. The molecule has 6 heteroatoms. The van der Waals surface area contributed by atoms with Crippen LogP contribution < -0.4 is 0 Å². The maximum Gasteiger partial charge on any atom is 0.306 e. The highest BCUT2D eigenvalue weighted by Crippen LogP contribution is 2.14. The monoisotopic (exact) mass is 893 g/mol. The summed E-state index contributed by atoms with van der Waals surface area (Å²) in [5.41, 5.74) is 0. The number of allylic oxidation sites excluding steroid dienone is 12. The number of esters is 3. The molecular weight excluding hydrogens is 793 g/mol. The Hall–Kier alpha value is -3.15. The van der Waals surface area contributed by atoms with Gasteiger partial charge >= 0.3 is 17.9 Å². The maximum atomic E-state index is 12.8. The van der Waals surface area contributed by atoms with E-state index in [4.69, 9.17) is 14.2 Å². The molecule has 0 rings (SSSR count). The number of carbonyl (C=O) groups is 3. The molecule has 0 radical (unpaired) electrons. The summed E-state index contributed by atoms with van der Waals surface area (Å²) >= 11 is 0. The fraction of sp³-hybridized carbons (Fsp3) is 0.741. The summed E-state index contributed by atoms with van der Waals surface area (Å²) in [6.07, 6.45) is 66.1. The lowest BCUT2D eigenvalue weighted by Crippen LogP contribution is -2.30. The second kappa shape index (κ2) is 52.5. The van der Waals surface area contributed by atoms with Gasteiger partial charge in [0.15, 0.2) is 6.10 Å². The lowest BCUT2D eigenvalue weighted by atomic mass is 10.1. The summed E-state index contributed by atoms with van der Waals surface area (Å²) < 4.78 is 16.8. The van der Waals surface area contributed by atoms with Crippen LogP contribution in [-0.2, 0) is 28.6 Å². The topological polar surface area (TPSA) is 78.9 Å². The molecule has 0 amide bonds. The van der Waals surface area contributed by atoms with E-state index < -0.39 is 6.10 Å². The summed E-state index contributed by atoms with van der Waals surface area (Å²) in [4.78, 5) is 38.0.